The van der Waals surface area contributed by atoms with Gasteiger partial charge in [0, 0.05) is 52.7 Å². The second kappa shape index (κ2) is 20.9. The van der Waals surface area contributed by atoms with Crippen molar-refractivity contribution < 1.29 is 47.7 Å². The van der Waals surface area contributed by atoms with Gasteiger partial charge in [-0.2, -0.15) is 5.10 Å². The second-order valence-electron chi connectivity index (χ2n) is 11.2. The molecule has 0 unspecified atom stereocenters. The zero-order valence-corrected chi connectivity index (χ0v) is 28.8. The SMILES string of the molecule is CC(=O)N(C)C(C)(C)C(=O)N(C)N=C(C)c1ccc(OCCOCCOCCOCCOCCC(=O)NCCN2C(=O)C=CC2=O)cc1. The van der Waals surface area contributed by atoms with Crippen LogP contribution in [-0.2, 0) is 42.9 Å². The van der Waals surface area contributed by atoms with Crippen molar-refractivity contribution in [1.29, 1.82) is 0 Å². The summed E-state index contributed by atoms with van der Waals surface area (Å²) < 4.78 is 27.5. The standard InChI is InChI=1S/C33H49N5O10/c1-25(35-37(6)32(43)33(3,4)36(5)26(2)39)27-7-9-28(10-8-27)48-24-23-47-22-21-46-20-19-45-18-17-44-16-13-29(40)34-14-15-38-30(41)11-12-31(38)42/h7-12H,13-24H2,1-6H3,(H,34,40). The number of carbonyl (C=O) groups is 5. The topological polar surface area (TPSA) is 166 Å². The quantitative estimate of drug-likeness (QED) is 0.0766. The summed E-state index contributed by atoms with van der Waals surface area (Å²) in [5.74, 6) is -0.809. The summed E-state index contributed by atoms with van der Waals surface area (Å²) in [5, 5.41) is 8.30. The maximum absolute atomic E-state index is 12.9. The van der Waals surface area contributed by atoms with Crippen molar-refractivity contribution in [2.75, 3.05) is 86.6 Å². The fourth-order valence-corrected chi connectivity index (χ4v) is 4.25. The normalized spacial score (nSPS) is 13.2. The monoisotopic (exact) mass is 675 g/mol. The average molecular weight is 676 g/mol. The van der Waals surface area contributed by atoms with Gasteiger partial charge in [0.1, 0.15) is 17.9 Å². The molecule has 1 aromatic rings. The zero-order chi connectivity index (χ0) is 35.5. The lowest BCUT2D eigenvalue weighted by atomic mass is 10.0. The van der Waals surface area contributed by atoms with Gasteiger partial charge < -0.3 is 33.9 Å². The first kappa shape index (κ1) is 40.0. The number of amides is 5. The van der Waals surface area contributed by atoms with Crippen LogP contribution in [0.25, 0.3) is 0 Å². The van der Waals surface area contributed by atoms with Crippen LogP contribution in [0.15, 0.2) is 41.5 Å². The number of rotatable bonds is 23. The van der Waals surface area contributed by atoms with E-state index < -0.39 is 5.54 Å². The predicted molar refractivity (Wildman–Crippen MR) is 176 cm³/mol. The van der Waals surface area contributed by atoms with Crippen LogP contribution >= 0.6 is 0 Å². The van der Waals surface area contributed by atoms with Crippen molar-refractivity contribution in [2.24, 2.45) is 5.10 Å². The van der Waals surface area contributed by atoms with E-state index in [1.807, 2.05) is 24.3 Å². The molecule has 2 rings (SSSR count). The summed E-state index contributed by atoms with van der Waals surface area (Å²) in [6.45, 7) is 10.3. The third-order valence-corrected chi connectivity index (χ3v) is 7.34. The van der Waals surface area contributed by atoms with Gasteiger partial charge in [0.15, 0.2) is 0 Å². The molecule has 1 aliphatic rings. The van der Waals surface area contributed by atoms with Gasteiger partial charge in [-0.05, 0) is 50.6 Å². The summed E-state index contributed by atoms with van der Waals surface area (Å²) in [7, 11) is 3.16. The Morgan fingerprint density at radius 3 is 1.81 bits per heavy atom. The smallest absolute Gasteiger partial charge is 0.267 e. The number of benzene rings is 1. The minimum absolute atomic E-state index is 0.135. The summed E-state index contributed by atoms with van der Waals surface area (Å²) in [4.78, 5) is 61.8. The van der Waals surface area contributed by atoms with Crippen LogP contribution < -0.4 is 10.1 Å². The predicted octanol–water partition coefficient (Wildman–Crippen LogP) is 1.00. The van der Waals surface area contributed by atoms with Crippen molar-refractivity contribution in [3.8, 4) is 5.75 Å². The number of nitrogens with zero attached hydrogens (tertiary/aromatic N) is 4. The molecule has 15 heteroatoms. The largest absolute Gasteiger partial charge is 0.491 e. The Bertz CT molecular complexity index is 1260. The molecule has 266 valence electrons. The zero-order valence-electron chi connectivity index (χ0n) is 28.8. The third kappa shape index (κ3) is 13.9. The number of imide groups is 1. The average Bonchev–Trinajstić information content (AvgIpc) is 3.38. The molecule has 0 saturated carbocycles. The number of nitrogens with one attached hydrogen (secondary N) is 1. The molecular weight excluding hydrogens is 626 g/mol. The van der Waals surface area contributed by atoms with Crippen LogP contribution in [0.5, 0.6) is 5.75 Å². The van der Waals surface area contributed by atoms with Crippen LogP contribution in [0.1, 0.15) is 39.7 Å². The Morgan fingerprint density at radius 1 is 0.792 bits per heavy atom. The lowest BCUT2D eigenvalue weighted by molar-refractivity contribution is -0.148. The molecule has 0 radical (unpaired) electrons. The summed E-state index contributed by atoms with van der Waals surface area (Å²) in [5.41, 5.74) is 0.437. The number of ether oxygens (including phenoxy) is 5. The summed E-state index contributed by atoms with van der Waals surface area (Å²) in [6, 6.07) is 7.35. The molecule has 0 bridgehead atoms. The van der Waals surface area contributed by atoms with Gasteiger partial charge in [-0.15, -0.1) is 0 Å². The van der Waals surface area contributed by atoms with Gasteiger partial charge in [-0.3, -0.25) is 28.9 Å². The van der Waals surface area contributed by atoms with E-state index in [9.17, 15) is 24.0 Å². The molecule has 15 nitrogen and oxygen atoms in total. The molecule has 1 heterocycles. The molecule has 0 spiro atoms. The lowest BCUT2D eigenvalue weighted by Gasteiger charge is -2.35. The molecular formula is C33H49N5O10. The maximum Gasteiger partial charge on any atom is 0.267 e. The Morgan fingerprint density at radius 2 is 1.29 bits per heavy atom. The van der Waals surface area contributed by atoms with E-state index in [1.165, 1.54) is 29.0 Å². The molecule has 1 N–H and O–H groups in total. The first-order valence-corrected chi connectivity index (χ1v) is 15.8. The van der Waals surface area contributed by atoms with Crippen molar-refractivity contribution in [3.05, 3.63) is 42.0 Å². The van der Waals surface area contributed by atoms with E-state index in [-0.39, 0.29) is 55.7 Å². The van der Waals surface area contributed by atoms with Gasteiger partial charge in [0.25, 0.3) is 17.7 Å². The minimum atomic E-state index is -1.03. The Hall–Kier alpha value is -4.18. The number of hydrogen-bond donors (Lipinski definition) is 1. The summed E-state index contributed by atoms with van der Waals surface area (Å²) >= 11 is 0. The third-order valence-electron chi connectivity index (χ3n) is 7.34. The molecule has 0 atom stereocenters. The molecule has 1 aliphatic heterocycles. The van der Waals surface area contributed by atoms with E-state index in [0.717, 1.165) is 10.5 Å². The lowest BCUT2D eigenvalue weighted by Crippen LogP contribution is -2.54. The highest BCUT2D eigenvalue weighted by atomic mass is 16.6. The van der Waals surface area contributed by atoms with Crippen molar-refractivity contribution in [1.82, 2.24) is 20.1 Å². The molecule has 0 aliphatic carbocycles. The van der Waals surface area contributed by atoms with Crippen molar-refractivity contribution in [2.45, 2.75) is 39.7 Å². The number of hydrazone groups is 1. The second-order valence-corrected chi connectivity index (χ2v) is 11.2. The van der Waals surface area contributed by atoms with Crippen molar-refractivity contribution in [3.63, 3.8) is 0 Å². The van der Waals surface area contributed by atoms with Crippen molar-refractivity contribution >= 4 is 35.2 Å². The molecule has 5 amide bonds. The van der Waals surface area contributed by atoms with E-state index in [4.69, 9.17) is 23.7 Å². The van der Waals surface area contributed by atoms with Gasteiger partial charge in [-0.1, -0.05) is 0 Å². The van der Waals surface area contributed by atoms with Crippen LogP contribution in [0.4, 0.5) is 0 Å². The highest BCUT2D eigenvalue weighted by Crippen LogP contribution is 2.17. The highest BCUT2D eigenvalue weighted by molar-refractivity contribution is 6.12. The Labute approximate surface area is 282 Å². The van der Waals surface area contributed by atoms with Gasteiger partial charge in [0.05, 0.1) is 58.6 Å². The molecule has 0 aromatic heterocycles. The first-order chi connectivity index (χ1) is 22.8. The molecule has 0 fully saturated rings. The van der Waals surface area contributed by atoms with Gasteiger partial charge >= 0.3 is 0 Å². The molecule has 0 saturated heterocycles. The van der Waals surface area contributed by atoms with Crippen LogP contribution in [0.2, 0.25) is 0 Å². The minimum Gasteiger partial charge on any atom is -0.491 e. The van der Waals surface area contributed by atoms with Crippen LogP contribution in [-0.4, -0.2) is 142 Å². The van der Waals surface area contributed by atoms with E-state index in [2.05, 4.69) is 10.4 Å². The van der Waals surface area contributed by atoms with E-state index in [1.54, 1.807) is 34.9 Å². The van der Waals surface area contributed by atoms with Gasteiger partial charge in [0.2, 0.25) is 11.8 Å². The first-order valence-electron chi connectivity index (χ1n) is 15.8. The van der Waals surface area contributed by atoms with Crippen LogP contribution in [0, 0.1) is 0 Å². The van der Waals surface area contributed by atoms with Gasteiger partial charge in [-0.25, -0.2) is 5.01 Å². The number of carbonyl (C=O) groups excluding carboxylic acids is 5. The fraction of sp³-hybridized carbons (Fsp3) is 0.576. The number of hydrogen-bond acceptors (Lipinski definition) is 11. The Balaban J connectivity index is 1.44. The van der Waals surface area contributed by atoms with E-state index >= 15 is 0 Å². The fourth-order valence-electron chi connectivity index (χ4n) is 4.25. The maximum atomic E-state index is 12.9. The van der Waals surface area contributed by atoms with Crippen LogP contribution in [0.3, 0.4) is 0 Å². The summed E-state index contributed by atoms with van der Waals surface area (Å²) in [6.07, 6.45) is 2.58. The molecule has 48 heavy (non-hydrogen) atoms. The van der Waals surface area contributed by atoms with E-state index in [0.29, 0.717) is 64.3 Å². The molecule has 1 aromatic carbocycles. The highest BCUT2D eigenvalue weighted by Gasteiger charge is 2.36. The Kier molecular flexibility index (Phi) is 17.4. The number of likely N-dealkylation sites (N-methyl/N-ethyl adjacent to an activating group) is 2.